The molecule has 0 bridgehead atoms. The van der Waals surface area contributed by atoms with E-state index in [9.17, 15) is 14.4 Å². The van der Waals surface area contributed by atoms with Gasteiger partial charge in [0.2, 0.25) is 0 Å². The van der Waals surface area contributed by atoms with Gasteiger partial charge in [0.05, 0.1) is 11.4 Å². The van der Waals surface area contributed by atoms with Gasteiger partial charge < -0.3 is 20.0 Å². The number of Topliss-reactive ketones (excluding diaryl/α,β-unsaturated/α-hetero) is 1. The molecule has 0 saturated heterocycles. The van der Waals surface area contributed by atoms with Crippen LogP contribution in [0.3, 0.4) is 0 Å². The maximum Gasteiger partial charge on any atom is 0.328 e. The Hall–Kier alpha value is -3.10. The number of fused-ring (bicyclic) bond motifs is 2. The summed E-state index contributed by atoms with van der Waals surface area (Å²) < 4.78 is 0. The lowest BCUT2D eigenvalue weighted by atomic mass is 10.1. The topological polar surface area (TPSA) is 98.2 Å². The number of para-hydroxylation sites is 1. The zero-order chi connectivity index (χ0) is 23.0. The largest absolute Gasteiger partial charge is 0.478 e. The number of ketones is 1. The van der Waals surface area contributed by atoms with Crippen LogP contribution in [0.4, 0.5) is 11.4 Å². The summed E-state index contributed by atoms with van der Waals surface area (Å²) >= 11 is 1.78. The van der Waals surface area contributed by atoms with Crippen LogP contribution >= 0.6 is 11.8 Å². The molecule has 164 valence electrons. The molecule has 7 nitrogen and oxygen atoms in total. The first-order chi connectivity index (χ1) is 14.7. The monoisotopic (exact) mass is 442 g/mol. The van der Waals surface area contributed by atoms with Gasteiger partial charge in [-0.2, -0.15) is 0 Å². The molecule has 0 aliphatic carbocycles. The minimum atomic E-state index is -1.26. The van der Waals surface area contributed by atoms with E-state index in [1.54, 1.807) is 18.7 Å². The van der Waals surface area contributed by atoms with Crippen molar-refractivity contribution in [1.29, 1.82) is 0 Å². The Morgan fingerprint density at radius 3 is 2.16 bits per heavy atom. The van der Waals surface area contributed by atoms with E-state index in [0.717, 1.165) is 30.8 Å². The fourth-order valence-corrected chi connectivity index (χ4v) is 4.05. The third-order valence-corrected chi connectivity index (χ3v) is 5.52. The van der Waals surface area contributed by atoms with E-state index in [0.29, 0.717) is 12.2 Å². The van der Waals surface area contributed by atoms with Crippen LogP contribution < -0.4 is 4.90 Å². The Balaban J connectivity index is 0.000000366. The second-order valence-electron chi connectivity index (χ2n) is 7.13. The van der Waals surface area contributed by atoms with Crippen molar-refractivity contribution >= 4 is 40.9 Å². The summed E-state index contributed by atoms with van der Waals surface area (Å²) in [5.74, 6) is -2.40. The van der Waals surface area contributed by atoms with Crippen molar-refractivity contribution in [3.8, 4) is 0 Å². The summed E-state index contributed by atoms with van der Waals surface area (Å²) in [6.07, 6.45) is 2.19. The Morgan fingerprint density at radius 1 is 0.968 bits per heavy atom. The highest BCUT2D eigenvalue weighted by molar-refractivity contribution is 7.99. The highest BCUT2D eigenvalue weighted by Crippen LogP contribution is 2.48. The van der Waals surface area contributed by atoms with E-state index in [4.69, 9.17) is 10.2 Å². The van der Waals surface area contributed by atoms with Gasteiger partial charge in [0.15, 0.2) is 5.78 Å². The van der Waals surface area contributed by atoms with Crippen LogP contribution in [0.25, 0.3) is 0 Å². The van der Waals surface area contributed by atoms with Crippen molar-refractivity contribution in [2.45, 2.75) is 23.1 Å². The lowest BCUT2D eigenvalue weighted by Gasteiger charge is -2.33. The van der Waals surface area contributed by atoms with Gasteiger partial charge in [-0.1, -0.05) is 30.0 Å². The number of benzene rings is 2. The summed E-state index contributed by atoms with van der Waals surface area (Å²) in [6.45, 7) is 3.62. The van der Waals surface area contributed by atoms with Gasteiger partial charge in [0, 0.05) is 34.1 Å². The normalized spacial score (nSPS) is 12.1. The molecular formula is C23H26N2O5S. The summed E-state index contributed by atoms with van der Waals surface area (Å²) in [6, 6.07) is 14.5. The molecule has 0 saturated carbocycles. The van der Waals surface area contributed by atoms with Gasteiger partial charge in [0.25, 0.3) is 0 Å². The van der Waals surface area contributed by atoms with Crippen LogP contribution in [-0.2, 0) is 9.59 Å². The number of carbonyl (C=O) groups is 3. The van der Waals surface area contributed by atoms with Crippen molar-refractivity contribution in [3.05, 3.63) is 60.2 Å². The molecule has 0 unspecified atom stereocenters. The number of carboxylic acids is 2. The molecule has 2 aromatic rings. The van der Waals surface area contributed by atoms with E-state index < -0.39 is 11.9 Å². The lowest BCUT2D eigenvalue weighted by Crippen LogP contribution is -2.25. The smallest absolute Gasteiger partial charge is 0.328 e. The van der Waals surface area contributed by atoms with Gasteiger partial charge >= 0.3 is 11.9 Å². The van der Waals surface area contributed by atoms with Crippen LogP contribution in [0, 0.1) is 0 Å². The number of anilines is 2. The number of hydrogen-bond donors (Lipinski definition) is 2. The van der Waals surface area contributed by atoms with Crippen LogP contribution in [0.5, 0.6) is 0 Å². The second-order valence-corrected chi connectivity index (χ2v) is 8.21. The van der Waals surface area contributed by atoms with Gasteiger partial charge in [-0.05, 0) is 58.3 Å². The number of carboxylic acid groups (broad SMARTS) is 2. The van der Waals surface area contributed by atoms with Crippen LogP contribution in [0.1, 0.15) is 23.7 Å². The summed E-state index contributed by atoms with van der Waals surface area (Å²) in [4.78, 5) is 37.9. The first-order valence-corrected chi connectivity index (χ1v) is 10.5. The third kappa shape index (κ3) is 7.27. The molecule has 0 spiro atoms. The number of hydrogen-bond acceptors (Lipinski definition) is 6. The molecule has 1 aliphatic heterocycles. The molecule has 0 aromatic heterocycles. The molecule has 2 N–H and O–H groups in total. The van der Waals surface area contributed by atoms with E-state index >= 15 is 0 Å². The quantitative estimate of drug-likeness (QED) is 0.487. The van der Waals surface area contributed by atoms with Crippen molar-refractivity contribution in [2.75, 3.05) is 32.1 Å². The number of rotatable bonds is 7. The van der Waals surface area contributed by atoms with E-state index in [1.807, 2.05) is 12.1 Å². The summed E-state index contributed by atoms with van der Waals surface area (Å²) in [5.41, 5.74) is 3.17. The first-order valence-electron chi connectivity index (χ1n) is 9.67. The van der Waals surface area contributed by atoms with Gasteiger partial charge in [0.1, 0.15) is 0 Å². The van der Waals surface area contributed by atoms with Crippen LogP contribution in [0.15, 0.2) is 64.4 Å². The zero-order valence-electron chi connectivity index (χ0n) is 17.7. The van der Waals surface area contributed by atoms with Crippen LogP contribution in [0.2, 0.25) is 0 Å². The van der Waals surface area contributed by atoms with Crippen molar-refractivity contribution in [2.24, 2.45) is 0 Å². The zero-order valence-corrected chi connectivity index (χ0v) is 18.6. The molecule has 1 aliphatic rings. The second kappa shape index (κ2) is 11.3. The molecule has 0 amide bonds. The Labute approximate surface area is 186 Å². The van der Waals surface area contributed by atoms with Gasteiger partial charge in [-0.15, -0.1) is 0 Å². The molecule has 0 atom stereocenters. The lowest BCUT2D eigenvalue weighted by molar-refractivity contribution is -0.134. The molecule has 3 rings (SSSR count). The number of carbonyl (C=O) groups excluding carboxylic acids is 1. The molecule has 8 heteroatoms. The van der Waals surface area contributed by atoms with Gasteiger partial charge in [-0.3, -0.25) is 4.79 Å². The molecule has 0 radical (unpaired) electrons. The fraction of sp³-hybridized carbons (Fsp3) is 0.261. The van der Waals surface area contributed by atoms with Crippen molar-refractivity contribution in [3.63, 3.8) is 0 Å². The number of nitrogens with zero attached hydrogens (tertiary/aromatic N) is 2. The molecule has 2 aromatic carbocycles. The highest BCUT2D eigenvalue weighted by atomic mass is 32.2. The SMILES string of the molecule is CC(=O)c1ccc2c(c1)N(CCCN(C)C)c1ccccc1S2.O=C(O)/C=C/C(=O)O. The maximum absolute atomic E-state index is 11.8. The standard InChI is InChI=1S/C19H22N2OS.C4H4O4/c1-14(22)15-9-10-19-17(13-15)21(12-6-11-20(2)3)16-7-4-5-8-18(16)23-19;5-3(6)1-2-4(7)8/h4-5,7-10,13H,6,11-12H2,1-3H3;1-2H,(H,5,6)(H,7,8)/b;2-1+. The maximum atomic E-state index is 11.8. The molecule has 1 heterocycles. The molecular weight excluding hydrogens is 416 g/mol. The summed E-state index contributed by atoms with van der Waals surface area (Å²) in [5, 5.41) is 15.6. The highest BCUT2D eigenvalue weighted by Gasteiger charge is 2.23. The Morgan fingerprint density at radius 2 is 1.58 bits per heavy atom. The van der Waals surface area contributed by atoms with E-state index in [-0.39, 0.29) is 5.78 Å². The molecule has 31 heavy (non-hydrogen) atoms. The van der Waals surface area contributed by atoms with Crippen LogP contribution in [-0.4, -0.2) is 60.0 Å². The average Bonchev–Trinajstić information content (AvgIpc) is 2.71. The predicted molar refractivity (Wildman–Crippen MR) is 122 cm³/mol. The fourth-order valence-electron chi connectivity index (χ4n) is 2.98. The van der Waals surface area contributed by atoms with Crippen molar-refractivity contribution < 1.29 is 24.6 Å². The minimum absolute atomic E-state index is 0.116. The van der Waals surface area contributed by atoms with Crippen molar-refractivity contribution in [1.82, 2.24) is 4.90 Å². The summed E-state index contributed by atoms with van der Waals surface area (Å²) in [7, 11) is 4.20. The van der Waals surface area contributed by atoms with Gasteiger partial charge in [-0.25, -0.2) is 9.59 Å². The first kappa shape index (κ1) is 24.2. The average molecular weight is 443 g/mol. The van der Waals surface area contributed by atoms with E-state index in [2.05, 4.69) is 54.2 Å². The van der Waals surface area contributed by atoms with E-state index in [1.165, 1.54) is 15.5 Å². The minimum Gasteiger partial charge on any atom is -0.478 e. The Bertz CT molecular complexity index is 972. The third-order valence-electron chi connectivity index (χ3n) is 4.39. The predicted octanol–water partition coefficient (Wildman–Crippen LogP) is 4.16. The number of aliphatic carboxylic acids is 2. The Kier molecular flexibility index (Phi) is 8.84. The molecule has 0 fully saturated rings.